The Morgan fingerprint density at radius 3 is 3.11 bits per heavy atom. The van der Waals surface area contributed by atoms with Gasteiger partial charge in [0.1, 0.15) is 6.26 Å². The number of aromatic nitrogens is 1. The van der Waals surface area contributed by atoms with Crippen LogP contribution in [0.2, 0.25) is 0 Å². The summed E-state index contributed by atoms with van der Waals surface area (Å²) < 4.78 is 4.58. The van der Waals surface area contributed by atoms with Gasteiger partial charge in [0.25, 0.3) is 0 Å². The zero-order valence-corrected chi connectivity index (χ0v) is 4.95. The first kappa shape index (κ1) is 5.82. The van der Waals surface area contributed by atoms with Crippen LogP contribution < -0.4 is 0 Å². The van der Waals surface area contributed by atoms with Gasteiger partial charge in [0.2, 0.25) is 0 Å². The van der Waals surface area contributed by atoms with E-state index >= 15 is 0 Å². The lowest BCUT2D eigenvalue weighted by molar-refractivity contribution is 0.419. The minimum Gasteiger partial charge on any atom is -0.364 e. The second-order valence-corrected chi connectivity index (χ2v) is 1.55. The van der Waals surface area contributed by atoms with E-state index in [-0.39, 0.29) is 0 Å². The maximum absolute atomic E-state index is 4.58. The van der Waals surface area contributed by atoms with Crippen molar-refractivity contribution in [3.8, 4) is 0 Å². The molecule has 0 radical (unpaired) electrons. The molecule has 0 saturated heterocycles. The molecule has 46 valence electrons. The first-order valence-electron chi connectivity index (χ1n) is 2.62. The molecule has 1 aromatic rings. The zero-order valence-electron chi connectivity index (χ0n) is 4.95. The molecular weight excluding hydrogens is 114 g/mol. The highest BCUT2D eigenvalue weighted by Crippen LogP contribution is 1.98. The first-order valence-corrected chi connectivity index (χ1v) is 2.62. The van der Waals surface area contributed by atoms with E-state index in [0.29, 0.717) is 0 Å². The highest BCUT2D eigenvalue weighted by molar-refractivity contribution is 5.47. The van der Waals surface area contributed by atoms with Crippen molar-refractivity contribution >= 4 is 6.08 Å². The van der Waals surface area contributed by atoms with Gasteiger partial charge < -0.3 is 4.52 Å². The van der Waals surface area contributed by atoms with Crippen molar-refractivity contribution in [1.82, 2.24) is 5.16 Å². The van der Waals surface area contributed by atoms with E-state index in [1.54, 1.807) is 18.5 Å². The molecule has 0 aliphatic rings. The van der Waals surface area contributed by atoms with Gasteiger partial charge in [-0.3, -0.25) is 0 Å². The molecule has 0 atom stereocenters. The van der Waals surface area contributed by atoms with Gasteiger partial charge in [-0.2, -0.15) is 0 Å². The number of nitrogens with zero attached hydrogens (tertiary/aromatic N) is 1. The van der Waals surface area contributed by atoms with Gasteiger partial charge >= 0.3 is 0 Å². The lowest BCUT2D eigenvalue weighted by Crippen LogP contribution is -1.56. The fourth-order valence-corrected chi connectivity index (χ4v) is 0.474. The summed E-state index contributed by atoms with van der Waals surface area (Å²) in [5.74, 6) is 0. The molecule has 1 aromatic heterocycles. The minimum absolute atomic E-state index is 0.954. The topological polar surface area (TPSA) is 26.0 Å². The van der Waals surface area contributed by atoms with Crippen molar-refractivity contribution in [2.24, 2.45) is 0 Å². The molecule has 0 aromatic carbocycles. The van der Waals surface area contributed by atoms with Gasteiger partial charge in [-0.05, 0) is 0 Å². The van der Waals surface area contributed by atoms with Crippen molar-refractivity contribution in [3.63, 3.8) is 0 Å². The van der Waals surface area contributed by atoms with Crippen molar-refractivity contribution in [1.29, 1.82) is 0 Å². The Balaban J connectivity index is 2.67. The molecule has 0 bridgehead atoms. The Hall–Kier alpha value is -1.31. The highest BCUT2D eigenvalue weighted by atomic mass is 16.5. The highest BCUT2D eigenvalue weighted by Gasteiger charge is 1.83. The number of rotatable bonds is 2. The molecule has 0 amide bonds. The van der Waals surface area contributed by atoms with E-state index in [9.17, 15) is 0 Å². The Kier molecular flexibility index (Phi) is 1.85. The summed E-state index contributed by atoms with van der Waals surface area (Å²) in [4.78, 5) is 0. The number of hydrogen-bond donors (Lipinski definition) is 0. The molecule has 2 heteroatoms. The van der Waals surface area contributed by atoms with E-state index in [2.05, 4.69) is 16.3 Å². The molecule has 2 nitrogen and oxygen atoms in total. The molecule has 0 N–H and O–H groups in total. The monoisotopic (exact) mass is 121 g/mol. The molecule has 0 unspecified atom stereocenters. The van der Waals surface area contributed by atoms with Crippen molar-refractivity contribution < 1.29 is 4.52 Å². The summed E-state index contributed by atoms with van der Waals surface area (Å²) in [5, 5.41) is 3.51. The van der Waals surface area contributed by atoms with Crippen LogP contribution in [-0.4, -0.2) is 5.16 Å². The number of allylic oxidation sites excluding steroid dienone is 2. The maximum Gasteiger partial charge on any atom is 0.131 e. The van der Waals surface area contributed by atoms with Gasteiger partial charge in [0.15, 0.2) is 0 Å². The van der Waals surface area contributed by atoms with E-state index in [1.807, 2.05) is 12.2 Å². The summed E-state index contributed by atoms with van der Waals surface area (Å²) in [5.41, 5.74) is 0.954. The predicted molar refractivity (Wildman–Crippen MR) is 35.7 cm³/mol. The quantitative estimate of drug-likeness (QED) is 0.558. The third-order valence-corrected chi connectivity index (χ3v) is 0.876. The summed E-state index contributed by atoms with van der Waals surface area (Å²) in [7, 11) is 0. The van der Waals surface area contributed by atoms with Crippen LogP contribution in [0.1, 0.15) is 5.56 Å². The molecule has 0 saturated carbocycles. The summed E-state index contributed by atoms with van der Waals surface area (Å²) in [6.45, 7) is 3.52. The normalized spacial score (nSPS) is 10.2. The van der Waals surface area contributed by atoms with Gasteiger partial charge in [-0.1, -0.05) is 30.0 Å². The Labute approximate surface area is 53.5 Å². The third kappa shape index (κ3) is 1.57. The fourth-order valence-electron chi connectivity index (χ4n) is 0.474. The Morgan fingerprint density at radius 2 is 2.56 bits per heavy atom. The summed E-state index contributed by atoms with van der Waals surface area (Å²) in [6, 6.07) is 0. The standard InChI is InChI=1S/C7H7NO/c1-2-3-4-7-5-8-9-6-7/h2-6H,1H2/b4-3-. The summed E-state index contributed by atoms with van der Waals surface area (Å²) >= 11 is 0. The molecular formula is C7H7NO. The van der Waals surface area contributed by atoms with E-state index < -0.39 is 0 Å². The van der Waals surface area contributed by atoms with E-state index in [1.165, 1.54) is 0 Å². The van der Waals surface area contributed by atoms with Gasteiger partial charge in [-0.15, -0.1) is 0 Å². The molecule has 1 rings (SSSR count). The van der Waals surface area contributed by atoms with Crippen LogP contribution in [0.3, 0.4) is 0 Å². The van der Waals surface area contributed by atoms with E-state index in [4.69, 9.17) is 0 Å². The molecule has 0 aliphatic carbocycles. The first-order chi connectivity index (χ1) is 4.43. The van der Waals surface area contributed by atoms with Gasteiger partial charge in [-0.25, -0.2) is 0 Å². The molecule has 9 heavy (non-hydrogen) atoms. The second-order valence-electron chi connectivity index (χ2n) is 1.55. The van der Waals surface area contributed by atoms with Crippen LogP contribution in [-0.2, 0) is 0 Å². The van der Waals surface area contributed by atoms with Crippen LogP contribution in [0.4, 0.5) is 0 Å². The van der Waals surface area contributed by atoms with Crippen molar-refractivity contribution in [2.45, 2.75) is 0 Å². The van der Waals surface area contributed by atoms with Crippen molar-refractivity contribution in [2.75, 3.05) is 0 Å². The molecule has 1 heterocycles. The predicted octanol–water partition coefficient (Wildman–Crippen LogP) is 1.87. The third-order valence-electron chi connectivity index (χ3n) is 0.876. The van der Waals surface area contributed by atoms with Crippen LogP contribution in [0, 0.1) is 0 Å². The lowest BCUT2D eigenvalue weighted by atomic mass is 10.3. The van der Waals surface area contributed by atoms with E-state index in [0.717, 1.165) is 5.56 Å². The zero-order chi connectivity index (χ0) is 6.53. The minimum atomic E-state index is 0.954. The van der Waals surface area contributed by atoms with Gasteiger partial charge in [0, 0.05) is 5.56 Å². The van der Waals surface area contributed by atoms with Crippen molar-refractivity contribution in [3.05, 3.63) is 36.8 Å². The number of hydrogen-bond acceptors (Lipinski definition) is 2. The maximum atomic E-state index is 4.58. The van der Waals surface area contributed by atoms with Crippen LogP contribution in [0.25, 0.3) is 6.08 Å². The molecule has 0 aliphatic heterocycles. The smallest absolute Gasteiger partial charge is 0.131 e. The average molecular weight is 121 g/mol. The van der Waals surface area contributed by atoms with Crippen LogP contribution in [0.15, 0.2) is 35.7 Å². The Bertz CT molecular complexity index is 199. The van der Waals surface area contributed by atoms with Crippen LogP contribution in [0.5, 0.6) is 0 Å². The molecule has 0 fully saturated rings. The lowest BCUT2D eigenvalue weighted by Gasteiger charge is -1.72. The largest absolute Gasteiger partial charge is 0.364 e. The molecule has 0 spiro atoms. The van der Waals surface area contributed by atoms with Gasteiger partial charge in [0.05, 0.1) is 6.20 Å². The second kappa shape index (κ2) is 2.87. The Morgan fingerprint density at radius 1 is 1.67 bits per heavy atom. The summed E-state index contributed by atoms with van der Waals surface area (Å²) in [6.07, 6.45) is 8.60. The van der Waals surface area contributed by atoms with Crippen LogP contribution >= 0.6 is 0 Å². The SMILES string of the molecule is C=C/C=C\c1cnoc1. The fraction of sp³-hybridized carbons (Fsp3) is 0. The average Bonchev–Trinajstić information content (AvgIpc) is 2.34.